The SMILES string of the molecule is CC(C)C[C@H](NC(=O)CN1C(=O)C(N(C)C(=O)C(N)CS)N=C(c2ccccc2)c2ccccc21)C(=O)Oc1nn[nH]n1. The van der Waals surface area contributed by atoms with E-state index in [4.69, 9.17) is 15.5 Å². The summed E-state index contributed by atoms with van der Waals surface area (Å²) in [7, 11) is 1.43. The number of rotatable bonds is 11. The lowest BCUT2D eigenvalue weighted by molar-refractivity contribution is -0.140. The molecule has 1 aliphatic rings. The summed E-state index contributed by atoms with van der Waals surface area (Å²) in [5.74, 6) is -2.54. The van der Waals surface area contributed by atoms with Gasteiger partial charge in [-0.3, -0.25) is 19.3 Å². The zero-order valence-corrected chi connectivity index (χ0v) is 24.8. The van der Waals surface area contributed by atoms with Gasteiger partial charge in [0.15, 0.2) is 0 Å². The number of tetrazole rings is 1. The number of thiol groups is 1. The summed E-state index contributed by atoms with van der Waals surface area (Å²) in [4.78, 5) is 60.8. The smallest absolute Gasteiger partial charge is 0.363 e. The summed E-state index contributed by atoms with van der Waals surface area (Å²) in [5.41, 5.74) is 8.11. The first-order valence-electron chi connectivity index (χ1n) is 13.5. The lowest BCUT2D eigenvalue weighted by Crippen LogP contribution is -2.55. The molecular formula is C28H33N9O5S. The fourth-order valence-corrected chi connectivity index (χ4v) is 4.70. The number of esters is 1. The van der Waals surface area contributed by atoms with Gasteiger partial charge in [0.25, 0.3) is 5.91 Å². The van der Waals surface area contributed by atoms with E-state index >= 15 is 0 Å². The number of para-hydroxylation sites is 1. The number of fused-ring (bicyclic) bond motifs is 1. The number of ether oxygens (including phenoxy) is 1. The predicted molar refractivity (Wildman–Crippen MR) is 160 cm³/mol. The molecule has 2 aromatic carbocycles. The van der Waals surface area contributed by atoms with Crippen molar-refractivity contribution in [2.75, 3.05) is 24.2 Å². The van der Waals surface area contributed by atoms with Gasteiger partial charge in [0.05, 0.1) is 17.4 Å². The first-order valence-corrected chi connectivity index (χ1v) is 14.2. The second kappa shape index (κ2) is 14.0. The number of nitrogens with one attached hydrogen (secondary N) is 2. The van der Waals surface area contributed by atoms with Crippen LogP contribution in [-0.4, -0.2) is 92.5 Å². The highest BCUT2D eigenvalue weighted by molar-refractivity contribution is 7.80. The Kier molecular flexibility index (Phi) is 10.2. The molecule has 4 N–H and O–H groups in total. The van der Waals surface area contributed by atoms with Gasteiger partial charge in [-0.05, 0) is 23.6 Å². The molecular weight excluding hydrogens is 574 g/mol. The molecule has 3 atom stereocenters. The largest absolute Gasteiger partial charge is 0.387 e. The van der Waals surface area contributed by atoms with Gasteiger partial charge in [-0.1, -0.05) is 72.6 Å². The van der Waals surface area contributed by atoms with Crippen LogP contribution >= 0.6 is 12.6 Å². The summed E-state index contributed by atoms with van der Waals surface area (Å²) >= 11 is 4.13. The van der Waals surface area contributed by atoms with Gasteiger partial charge in [-0.25, -0.2) is 9.79 Å². The number of hydrogen-bond acceptors (Lipinski definition) is 11. The standard InChI is InChI=1S/C28H33N9O5S/c1-16(2)13-20(27(41)42-28-32-34-35-33-28)30-22(38)14-37-21-12-8-7-11-18(21)23(17-9-5-4-6-10-17)31-24(26(37)40)36(3)25(39)19(29)15-43/h4-12,16,19-20,24,43H,13-15,29H2,1-3H3,(H,30,38)(H,32,33,34,35)/t19?,20-,24?/m0/s1. The molecule has 0 fully saturated rings. The van der Waals surface area contributed by atoms with Gasteiger partial charge in [0.1, 0.15) is 12.6 Å². The first-order chi connectivity index (χ1) is 20.6. The second-order valence-electron chi connectivity index (χ2n) is 10.3. The molecule has 15 heteroatoms. The van der Waals surface area contributed by atoms with Crippen LogP contribution < -0.4 is 20.7 Å². The highest BCUT2D eigenvalue weighted by Gasteiger charge is 2.38. The van der Waals surface area contributed by atoms with E-state index in [0.29, 0.717) is 22.5 Å². The monoisotopic (exact) mass is 607 g/mol. The summed E-state index contributed by atoms with van der Waals surface area (Å²) in [6.45, 7) is 3.28. The zero-order valence-electron chi connectivity index (χ0n) is 23.9. The van der Waals surface area contributed by atoms with E-state index < -0.39 is 48.5 Å². The van der Waals surface area contributed by atoms with Crippen LogP contribution in [0.25, 0.3) is 0 Å². The van der Waals surface area contributed by atoms with E-state index in [1.807, 2.05) is 44.2 Å². The normalized spacial score (nSPS) is 16.0. The molecule has 2 unspecified atom stereocenters. The molecule has 3 aromatic rings. The third-order valence-corrected chi connectivity index (χ3v) is 7.00. The van der Waals surface area contributed by atoms with E-state index in [-0.39, 0.29) is 24.1 Å². The van der Waals surface area contributed by atoms with Crippen LogP contribution in [0, 0.1) is 5.92 Å². The molecule has 226 valence electrons. The number of aliphatic imine (C=N–C) groups is 1. The molecule has 14 nitrogen and oxygen atoms in total. The number of carbonyl (C=O) groups excluding carboxylic acids is 4. The Morgan fingerprint density at radius 1 is 1.14 bits per heavy atom. The number of benzene rings is 2. The van der Waals surface area contributed by atoms with E-state index in [9.17, 15) is 19.2 Å². The Hall–Kier alpha value is -4.63. The number of benzodiazepines with no additional fused rings is 1. The number of nitrogens with two attached hydrogens (primary N) is 1. The van der Waals surface area contributed by atoms with Crippen molar-refractivity contribution in [2.24, 2.45) is 16.6 Å². The summed E-state index contributed by atoms with van der Waals surface area (Å²) < 4.78 is 5.15. The van der Waals surface area contributed by atoms with E-state index in [0.717, 1.165) is 4.90 Å². The Morgan fingerprint density at radius 2 is 1.84 bits per heavy atom. The molecule has 0 saturated carbocycles. The Balaban J connectivity index is 1.70. The maximum absolute atomic E-state index is 14.2. The molecule has 1 aromatic heterocycles. The Morgan fingerprint density at radius 3 is 2.49 bits per heavy atom. The number of anilines is 1. The third-order valence-electron chi connectivity index (χ3n) is 6.61. The minimum atomic E-state index is -1.34. The maximum atomic E-state index is 14.2. The number of likely N-dealkylation sites (N-methyl/N-ethyl adjacent to an activating group) is 1. The minimum absolute atomic E-state index is 0.00516. The van der Waals surface area contributed by atoms with E-state index in [1.165, 1.54) is 11.9 Å². The van der Waals surface area contributed by atoms with Crippen LogP contribution in [0.4, 0.5) is 5.69 Å². The number of aromatic nitrogens is 4. The van der Waals surface area contributed by atoms with Crippen molar-refractivity contribution in [3.05, 3.63) is 65.7 Å². The zero-order chi connectivity index (χ0) is 31.1. The number of hydrogen-bond donors (Lipinski definition) is 4. The van der Waals surface area contributed by atoms with Crippen molar-refractivity contribution in [3.8, 4) is 6.01 Å². The lowest BCUT2D eigenvalue weighted by atomic mass is 10.00. The Labute approximate surface area is 253 Å². The highest BCUT2D eigenvalue weighted by Crippen LogP contribution is 2.29. The molecule has 0 saturated heterocycles. The van der Waals surface area contributed by atoms with Crippen molar-refractivity contribution in [1.29, 1.82) is 0 Å². The van der Waals surface area contributed by atoms with Gasteiger partial charge in [0, 0.05) is 23.9 Å². The summed E-state index contributed by atoms with van der Waals surface area (Å²) in [5, 5.41) is 15.4. The van der Waals surface area contributed by atoms with Gasteiger partial charge in [-0.2, -0.15) is 17.8 Å². The van der Waals surface area contributed by atoms with Crippen molar-refractivity contribution in [2.45, 2.75) is 38.5 Å². The van der Waals surface area contributed by atoms with E-state index in [1.54, 1.807) is 24.3 Å². The minimum Gasteiger partial charge on any atom is -0.387 e. The molecule has 43 heavy (non-hydrogen) atoms. The number of amides is 3. The average molecular weight is 608 g/mol. The maximum Gasteiger partial charge on any atom is 0.363 e. The molecule has 0 aliphatic carbocycles. The van der Waals surface area contributed by atoms with E-state index in [2.05, 4.69) is 38.6 Å². The molecule has 1 aliphatic heterocycles. The number of nitrogens with zero attached hydrogens (tertiary/aromatic N) is 6. The molecule has 0 bridgehead atoms. The molecule has 0 spiro atoms. The van der Waals surface area contributed by atoms with Crippen LogP contribution in [0.1, 0.15) is 31.4 Å². The molecule has 0 radical (unpaired) electrons. The van der Waals surface area contributed by atoms with Crippen LogP contribution in [0.2, 0.25) is 0 Å². The fraction of sp³-hybridized carbons (Fsp3) is 0.357. The average Bonchev–Trinajstić information content (AvgIpc) is 3.48. The molecule has 4 rings (SSSR count). The lowest BCUT2D eigenvalue weighted by Gasteiger charge is -2.30. The topological polar surface area (TPSA) is 189 Å². The first kappa shape index (κ1) is 31.3. The quantitative estimate of drug-likeness (QED) is 0.178. The predicted octanol–water partition coefficient (Wildman–Crippen LogP) is 0.562. The molecule has 2 heterocycles. The third kappa shape index (κ3) is 7.42. The fourth-order valence-electron chi connectivity index (χ4n) is 4.54. The number of H-pyrrole nitrogens is 1. The summed E-state index contributed by atoms with van der Waals surface area (Å²) in [6, 6.07) is 13.9. The van der Waals surface area contributed by atoms with Crippen LogP contribution in [0.15, 0.2) is 59.6 Å². The second-order valence-corrected chi connectivity index (χ2v) is 10.6. The van der Waals surface area contributed by atoms with Crippen LogP contribution in [-0.2, 0) is 19.2 Å². The Bertz CT molecular complexity index is 1480. The van der Waals surface area contributed by atoms with Gasteiger partial charge >= 0.3 is 12.0 Å². The van der Waals surface area contributed by atoms with Crippen molar-refractivity contribution >= 4 is 47.7 Å². The van der Waals surface area contributed by atoms with Crippen molar-refractivity contribution in [1.82, 2.24) is 30.8 Å². The molecule has 3 amide bonds. The van der Waals surface area contributed by atoms with Gasteiger partial charge in [-0.15, -0.1) is 0 Å². The van der Waals surface area contributed by atoms with Crippen LogP contribution in [0.3, 0.4) is 0 Å². The highest BCUT2D eigenvalue weighted by atomic mass is 32.1. The van der Waals surface area contributed by atoms with Crippen molar-refractivity contribution in [3.63, 3.8) is 0 Å². The summed E-state index contributed by atoms with van der Waals surface area (Å²) in [6.07, 6.45) is -1.10. The van der Waals surface area contributed by atoms with Gasteiger partial charge in [0.2, 0.25) is 18.0 Å². The van der Waals surface area contributed by atoms with Crippen molar-refractivity contribution < 1.29 is 23.9 Å². The number of aromatic amines is 1. The van der Waals surface area contributed by atoms with Crippen LogP contribution in [0.5, 0.6) is 6.01 Å². The number of carbonyl (C=O) groups is 4. The van der Waals surface area contributed by atoms with Gasteiger partial charge < -0.3 is 20.7 Å².